The van der Waals surface area contributed by atoms with Crippen molar-refractivity contribution in [2.75, 3.05) is 0 Å². The zero-order chi connectivity index (χ0) is 2.71. The van der Waals surface area contributed by atoms with E-state index in [2.05, 4.69) is 13.6 Å². The van der Waals surface area contributed by atoms with Gasteiger partial charge in [-0.3, -0.25) is 0 Å². The minimum absolute atomic E-state index is 0. The molecule has 0 heterocycles. The van der Waals surface area contributed by atoms with E-state index in [4.69, 9.17) is 5.53 Å². The number of hydrogen-bond acceptors (Lipinski definition) is 0. The van der Waals surface area contributed by atoms with Gasteiger partial charge in [0.15, 0.2) is 0 Å². The number of rotatable bonds is 0. The van der Waals surface area contributed by atoms with Gasteiger partial charge in [-0.15, -0.1) is 4.54 Å². The van der Waals surface area contributed by atoms with Gasteiger partial charge < -0.3 is 5.53 Å². The molecule has 0 aliphatic rings. The molecular formula is KN2P. The molecule has 0 aromatic rings. The summed E-state index contributed by atoms with van der Waals surface area (Å²) in [5, 5.41) is 0. The smallest absolute Gasteiger partial charge is 0.359 e. The van der Waals surface area contributed by atoms with Crippen LogP contribution in [0.4, 0.5) is 0 Å². The fraction of sp³-hybridized carbons (Fsp3) is 0. The Morgan fingerprint density at radius 1 is 1.75 bits per heavy atom. The van der Waals surface area contributed by atoms with Crippen molar-refractivity contribution in [2.24, 2.45) is 0 Å². The second-order valence-corrected chi connectivity index (χ2v) is 0.268. The van der Waals surface area contributed by atoms with Crippen LogP contribution >= 0.6 is 9.03 Å². The van der Waals surface area contributed by atoms with E-state index in [0.29, 0.717) is 0 Å². The zero-order valence-electron chi connectivity index (χ0n) is 2.34. The molecule has 4 heavy (non-hydrogen) atoms. The maximum absolute atomic E-state index is 7.06. The SMILES string of the molecule is [K].[N-]=[N+]=[P]. The molecule has 0 spiro atoms. The average molecular weight is 98.1 g/mol. The van der Waals surface area contributed by atoms with Crippen molar-refractivity contribution in [3.8, 4) is 0 Å². The molecule has 0 aliphatic heterocycles. The van der Waals surface area contributed by atoms with Gasteiger partial charge in [-0.05, 0) is 0 Å². The molecule has 0 unspecified atom stereocenters. The van der Waals surface area contributed by atoms with Crippen LogP contribution in [0, 0.1) is 0 Å². The predicted octanol–water partition coefficient (Wildman–Crippen LogP) is 0.288. The van der Waals surface area contributed by atoms with Gasteiger partial charge in [0.05, 0.1) is 0 Å². The summed E-state index contributed by atoms with van der Waals surface area (Å²) in [6.45, 7) is 0. The third-order valence-corrected chi connectivity index (χ3v) is 0. The maximum atomic E-state index is 7.06. The molecule has 0 atom stereocenters. The van der Waals surface area contributed by atoms with Crippen molar-refractivity contribution >= 4 is 60.4 Å². The Kier molecular flexibility index (Phi) is 20.0. The van der Waals surface area contributed by atoms with E-state index in [-0.39, 0.29) is 51.4 Å². The number of nitrogens with zero attached hydrogens (tertiary/aromatic N) is 2. The molecule has 0 rings (SSSR count). The minimum atomic E-state index is 0. The van der Waals surface area contributed by atoms with Gasteiger partial charge in [0.25, 0.3) is 0 Å². The topological polar surface area (TPSA) is 36.4 Å². The van der Waals surface area contributed by atoms with Crippen LogP contribution in [0.3, 0.4) is 0 Å². The van der Waals surface area contributed by atoms with Crippen LogP contribution in [-0.4, -0.2) is 51.4 Å². The Balaban J connectivity index is 0. The third-order valence-electron chi connectivity index (χ3n) is 0. The van der Waals surface area contributed by atoms with Crippen LogP contribution in [-0.2, 0) is 0 Å². The van der Waals surface area contributed by atoms with Crippen molar-refractivity contribution in [1.29, 1.82) is 0 Å². The van der Waals surface area contributed by atoms with Crippen molar-refractivity contribution in [1.82, 2.24) is 4.54 Å². The second kappa shape index (κ2) is 8.82. The molecule has 2 nitrogen and oxygen atoms in total. The van der Waals surface area contributed by atoms with E-state index < -0.39 is 0 Å². The van der Waals surface area contributed by atoms with E-state index in [9.17, 15) is 0 Å². The molecule has 0 aromatic heterocycles. The van der Waals surface area contributed by atoms with E-state index in [0.717, 1.165) is 0 Å². The van der Waals surface area contributed by atoms with Crippen LogP contribution in [0.15, 0.2) is 0 Å². The normalized spacial score (nSPS) is 2.00. The van der Waals surface area contributed by atoms with Gasteiger partial charge in [-0.2, -0.15) is 0 Å². The molecule has 2 radical (unpaired) electrons. The first kappa shape index (κ1) is 9.07. The monoisotopic (exact) mass is 97.9 g/mol. The van der Waals surface area contributed by atoms with Crippen LogP contribution in [0.2, 0.25) is 0 Å². The van der Waals surface area contributed by atoms with Crippen molar-refractivity contribution in [3.05, 3.63) is 5.53 Å². The third kappa shape index (κ3) is 9.86. The Morgan fingerprint density at radius 3 is 1.75 bits per heavy atom. The molecule has 0 saturated carbocycles. The van der Waals surface area contributed by atoms with E-state index >= 15 is 0 Å². The molecule has 0 amide bonds. The van der Waals surface area contributed by atoms with Crippen molar-refractivity contribution < 1.29 is 0 Å². The van der Waals surface area contributed by atoms with Crippen LogP contribution in [0.25, 0.3) is 5.53 Å². The summed E-state index contributed by atoms with van der Waals surface area (Å²) in [5.41, 5.74) is 7.06. The first-order valence-corrected chi connectivity index (χ1v) is 0.800. The molecule has 16 valence electrons. The Labute approximate surface area is 69.2 Å². The molecule has 0 bridgehead atoms. The Morgan fingerprint density at radius 2 is 1.75 bits per heavy atom. The quantitative estimate of drug-likeness (QED) is 0.181. The molecule has 0 aromatic carbocycles. The fourth-order valence-corrected chi connectivity index (χ4v) is 0. The van der Waals surface area contributed by atoms with Gasteiger partial charge in [0.2, 0.25) is 0 Å². The first-order chi connectivity index (χ1) is 1.41. The largest absolute Gasteiger partial charge is 0.499 e. The molecule has 0 aliphatic carbocycles. The summed E-state index contributed by atoms with van der Waals surface area (Å²) in [6.07, 6.45) is 0. The van der Waals surface area contributed by atoms with Gasteiger partial charge in [-0.25, -0.2) is 0 Å². The molecule has 0 fully saturated rings. The minimum Gasteiger partial charge on any atom is -0.359 e. The van der Waals surface area contributed by atoms with E-state index in [1.807, 2.05) is 0 Å². The van der Waals surface area contributed by atoms with Gasteiger partial charge in [-0.1, -0.05) is 0 Å². The summed E-state index contributed by atoms with van der Waals surface area (Å²) < 4.78 is 2.19. The summed E-state index contributed by atoms with van der Waals surface area (Å²) in [4.78, 5) is 0. The van der Waals surface area contributed by atoms with Crippen molar-refractivity contribution in [2.45, 2.75) is 0 Å². The molecule has 4 heteroatoms. The standard InChI is InChI=1S/K.N2P/c;1-2-3. The van der Waals surface area contributed by atoms with E-state index in [1.165, 1.54) is 0 Å². The zero-order valence-corrected chi connectivity index (χ0v) is 6.36. The fourth-order valence-electron chi connectivity index (χ4n) is 0. The molecule has 0 N–H and O–H groups in total. The van der Waals surface area contributed by atoms with Crippen LogP contribution in [0.1, 0.15) is 0 Å². The predicted molar refractivity (Wildman–Crippen MR) is 18.2 cm³/mol. The molecular weight excluding hydrogens is 98.1 g/mol. The summed E-state index contributed by atoms with van der Waals surface area (Å²) >= 11 is 0. The Bertz CT molecular complexity index is 27.0. The number of hydrogen-bond donors (Lipinski definition) is 0. The summed E-state index contributed by atoms with van der Waals surface area (Å²) in [6, 6.07) is 0. The van der Waals surface area contributed by atoms with Crippen LogP contribution in [0.5, 0.6) is 0 Å². The second-order valence-electron chi connectivity index (χ2n) is 0.0894. The maximum Gasteiger partial charge on any atom is 0.499 e. The van der Waals surface area contributed by atoms with Gasteiger partial charge >= 0.3 is 9.03 Å². The van der Waals surface area contributed by atoms with Gasteiger partial charge in [0, 0.05) is 51.4 Å². The average Bonchev–Trinajstić information content (AvgIpc) is 0.918. The van der Waals surface area contributed by atoms with Crippen LogP contribution < -0.4 is 4.54 Å². The summed E-state index contributed by atoms with van der Waals surface area (Å²) in [7, 11) is 2.97. The van der Waals surface area contributed by atoms with Gasteiger partial charge in [0.1, 0.15) is 0 Å². The summed E-state index contributed by atoms with van der Waals surface area (Å²) in [5.74, 6) is 0. The Hall–Kier alpha value is 1.45. The molecule has 0 saturated heterocycles. The first-order valence-electron chi connectivity index (χ1n) is 0.400. The van der Waals surface area contributed by atoms with E-state index in [1.54, 1.807) is 0 Å². The van der Waals surface area contributed by atoms with Crippen molar-refractivity contribution in [3.63, 3.8) is 0 Å².